The number of rotatable bonds is 6. The van der Waals surface area contributed by atoms with Crippen LogP contribution in [0.5, 0.6) is 0 Å². The first kappa shape index (κ1) is 19.6. The molecule has 6 heteroatoms. The van der Waals surface area contributed by atoms with E-state index in [1.807, 2.05) is 47.2 Å². The molecule has 1 aliphatic rings. The van der Waals surface area contributed by atoms with E-state index in [0.717, 1.165) is 43.2 Å². The average Bonchev–Trinajstić information content (AvgIpc) is 3.22. The Morgan fingerprint density at radius 3 is 2.38 bits per heavy atom. The number of carbonyl (C=O) groups excluding carboxylic acids is 1. The van der Waals surface area contributed by atoms with E-state index in [1.54, 1.807) is 0 Å². The van der Waals surface area contributed by atoms with Gasteiger partial charge in [-0.1, -0.05) is 23.7 Å². The second-order valence-corrected chi connectivity index (χ2v) is 7.50. The molecule has 1 saturated heterocycles. The summed E-state index contributed by atoms with van der Waals surface area (Å²) in [6.45, 7) is 3.90. The van der Waals surface area contributed by atoms with Crippen LogP contribution in [0.4, 0.5) is 5.69 Å². The third-order valence-corrected chi connectivity index (χ3v) is 5.33. The molecule has 0 aliphatic carbocycles. The molecule has 0 spiro atoms. The maximum absolute atomic E-state index is 12.5. The first-order chi connectivity index (χ1) is 14.2. The molecular weight excluding hydrogens is 386 g/mol. The Kier molecular flexibility index (Phi) is 6.17. The molecular formula is C23H24ClN3O2. The van der Waals surface area contributed by atoms with Crippen molar-refractivity contribution in [1.82, 2.24) is 9.88 Å². The van der Waals surface area contributed by atoms with Gasteiger partial charge in [-0.3, -0.25) is 4.79 Å². The maximum Gasteiger partial charge on any atom is 0.226 e. The first-order valence-electron chi connectivity index (χ1n) is 9.79. The Bertz CT molecular complexity index is 945. The number of halogens is 1. The Morgan fingerprint density at radius 1 is 0.966 bits per heavy atom. The van der Waals surface area contributed by atoms with Crippen LogP contribution in [0, 0.1) is 0 Å². The third kappa shape index (κ3) is 5.00. The van der Waals surface area contributed by atoms with Crippen LogP contribution in [0.15, 0.2) is 66.9 Å². The first-order valence-corrected chi connectivity index (χ1v) is 10.2. The van der Waals surface area contributed by atoms with Crippen molar-refractivity contribution in [3.63, 3.8) is 0 Å². The lowest BCUT2D eigenvalue weighted by Gasteiger charge is -2.28. The number of benzene rings is 2. The van der Waals surface area contributed by atoms with Gasteiger partial charge in [0.25, 0.3) is 0 Å². The van der Waals surface area contributed by atoms with Gasteiger partial charge < -0.3 is 19.5 Å². The van der Waals surface area contributed by atoms with Gasteiger partial charge in [0.05, 0.1) is 19.6 Å². The molecule has 0 atom stereocenters. The average molecular weight is 410 g/mol. The van der Waals surface area contributed by atoms with Crippen molar-refractivity contribution in [2.24, 2.45) is 0 Å². The van der Waals surface area contributed by atoms with Gasteiger partial charge in [0.1, 0.15) is 0 Å². The van der Waals surface area contributed by atoms with Crippen LogP contribution in [-0.2, 0) is 22.5 Å². The second kappa shape index (κ2) is 9.16. The van der Waals surface area contributed by atoms with Crippen LogP contribution in [0.2, 0.25) is 5.02 Å². The van der Waals surface area contributed by atoms with Crippen molar-refractivity contribution < 1.29 is 9.53 Å². The van der Waals surface area contributed by atoms with E-state index in [0.29, 0.717) is 18.0 Å². The number of hydrogen-bond acceptors (Lipinski definition) is 3. The predicted octanol–water partition coefficient (Wildman–Crippen LogP) is 3.83. The van der Waals surface area contributed by atoms with E-state index in [2.05, 4.69) is 34.5 Å². The zero-order chi connectivity index (χ0) is 20.1. The van der Waals surface area contributed by atoms with E-state index in [4.69, 9.17) is 16.3 Å². The number of carbonyl (C=O) groups is 1. The minimum Gasteiger partial charge on any atom is -0.378 e. The van der Waals surface area contributed by atoms with E-state index >= 15 is 0 Å². The van der Waals surface area contributed by atoms with E-state index < -0.39 is 0 Å². The smallest absolute Gasteiger partial charge is 0.226 e. The molecule has 1 aromatic heterocycles. The number of anilines is 1. The lowest BCUT2D eigenvalue weighted by atomic mass is 10.2. The highest BCUT2D eigenvalue weighted by Gasteiger charge is 2.12. The Hall–Kier alpha value is -2.76. The van der Waals surface area contributed by atoms with Crippen molar-refractivity contribution in [3.05, 3.63) is 83.1 Å². The minimum atomic E-state index is -0.00355. The van der Waals surface area contributed by atoms with E-state index in [9.17, 15) is 4.79 Å². The maximum atomic E-state index is 12.5. The molecule has 2 heterocycles. The zero-order valence-electron chi connectivity index (χ0n) is 16.2. The molecule has 29 heavy (non-hydrogen) atoms. The molecule has 5 nitrogen and oxygen atoms in total. The number of nitrogens with one attached hydrogen (secondary N) is 1. The van der Waals surface area contributed by atoms with Gasteiger partial charge in [-0.05, 0) is 54.1 Å². The second-order valence-electron chi connectivity index (χ2n) is 7.07. The molecule has 4 rings (SSSR count). The molecule has 1 fully saturated rings. The molecule has 1 amide bonds. The monoisotopic (exact) mass is 409 g/mol. The van der Waals surface area contributed by atoms with Gasteiger partial charge in [0.2, 0.25) is 5.91 Å². The quantitative estimate of drug-likeness (QED) is 0.673. The Morgan fingerprint density at radius 2 is 1.66 bits per heavy atom. The summed E-state index contributed by atoms with van der Waals surface area (Å²) in [5.74, 6) is -0.00355. The number of amides is 1. The molecule has 1 aliphatic heterocycles. The molecule has 0 bridgehead atoms. The molecule has 0 unspecified atom stereocenters. The van der Waals surface area contributed by atoms with Gasteiger partial charge in [0, 0.05) is 47.9 Å². The summed E-state index contributed by atoms with van der Waals surface area (Å²) in [6.07, 6.45) is 2.28. The molecule has 150 valence electrons. The predicted molar refractivity (Wildman–Crippen MR) is 116 cm³/mol. The fourth-order valence-electron chi connectivity index (χ4n) is 3.49. The minimum absolute atomic E-state index is 0.00355. The number of hydrogen-bond donors (Lipinski definition) is 1. The zero-order valence-corrected chi connectivity index (χ0v) is 16.9. The van der Waals surface area contributed by atoms with Crippen LogP contribution in [0.3, 0.4) is 0 Å². The highest BCUT2D eigenvalue weighted by Crippen LogP contribution is 2.18. The fourth-order valence-corrected chi connectivity index (χ4v) is 3.61. The molecule has 1 N–H and O–H groups in total. The lowest BCUT2D eigenvalue weighted by Crippen LogP contribution is -2.36. The van der Waals surface area contributed by atoms with Crippen LogP contribution >= 0.6 is 11.6 Å². The van der Waals surface area contributed by atoms with Crippen LogP contribution < -0.4 is 10.2 Å². The standard InChI is InChI=1S/C23H24ClN3O2/c24-19-5-9-21(10-6-19)27-11-1-2-22(27)16-23(28)25-17-18-3-7-20(8-4-18)26-12-14-29-15-13-26/h1-11H,12-17H2,(H,25,28). The summed E-state index contributed by atoms with van der Waals surface area (Å²) in [5.41, 5.74) is 4.21. The number of aromatic nitrogens is 1. The Balaban J connectivity index is 1.33. The Labute approximate surface area is 175 Å². The molecule has 0 radical (unpaired) electrons. The van der Waals surface area contributed by atoms with Gasteiger partial charge in [-0.2, -0.15) is 0 Å². The van der Waals surface area contributed by atoms with Crippen molar-refractivity contribution >= 4 is 23.2 Å². The van der Waals surface area contributed by atoms with Crippen molar-refractivity contribution in [2.45, 2.75) is 13.0 Å². The fraction of sp³-hybridized carbons (Fsp3) is 0.261. The number of nitrogens with zero attached hydrogens (tertiary/aromatic N) is 2. The normalized spacial score (nSPS) is 14.0. The van der Waals surface area contributed by atoms with Gasteiger partial charge in [-0.25, -0.2) is 0 Å². The van der Waals surface area contributed by atoms with Crippen LogP contribution in [-0.4, -0.2) is 36.8 Å². The summed E-state index contributed by atoms with van der Waals surface area (Å²) in [5, 5.41) is 3.71. The highest BCUT2D eigenvalue weighted by molar-refractivity contribution is 6.30. The number of ether oxygens (including phenoxy) is 1. The largest absolute Gasteiger partial charge is 0.378 e. The van der Waals surface area contributed by atoms with Crippen molar-refractivity contribution in [2.75, 3.05) is 31.2 Å². The van der Waals surface area contributed by atoms with E-state index in [-0.39, 0.29) is 5.91 Å². The van der Waals surface area contributed by atoms with E-state index in [1.165, 1.54) is 5.69 Å². The summed E-state index contributed by atoms with van der Waals surface area (Å²) < 4.78 is 7.40. The summed E-state index contributed by atoms with van der Waals surface area (Å²) in [6, 6.07) is 19.9. The lowest BCUT2D eigenvalue weighted by molar-refractivity contribution is -0.120. The van der Waals surface area contributed by atoms with Gasteiger partial charge in [0.15, 0.2) is 0 Å². The van der Waals surface area contributed by atoms with Gasteiger partial charge >= 0.3 is 0 Å². The van der Waals surface area contributed by atoms with Crippen LogP contribution in [0.25, 0.3) is 5.69 Å². The van der Waals surface area contributed by atoms with Gasteiger partial charge in [-0.15, -0.1) is 0 Å². The molecule has 0 saturated carbocycles. The van der Waals surface area contributed by atoms with Crippen molar-refractivity contribution in [3.8, 4) is 5.69 Å². The number of morpholine rings is 1. The summed E-state index contributed by atoms with van der Waals surface area (Å²) in [7, 11) is 0. The molecule has 2 aromatic carbocycles. The van der Waals surface area contributed by atoms with Crippen LogP contribution in [0.1, 0.15) is 11.3 Å². The highest BCUT2D eigenvalue weighted by atomic mass is 35.5. The third-order valence-electron chi connectivity index (χ3n) is 5.08. The summed E-state index contributed by atoms with van der Waals surface area (Å²) in [4.78, 5) is 14.8. The topological polar surface area (TPSA) is 46.5 Å². The molecule has 3 aromatic rings. The SMILES string of the molecule is O=C(Cc1cccn1-c1ccc(Cl)cc1)NCc1ccc(N2CCOCC2)cc1. The summed E-state index contributed by atoms with van der Waals surface area (Å²) >= 11 is 5.97. The van der Waals surface area contributed by atoms with Crippen molar-refractivity contribution in [1.29, 1.82) is 0 Å².